The molecule has 2 fully saturated rings. The van der Waals surface area contributed by atoms with Gasteiger partial charge >= 0.3 is 0 Å². The number of amides is 1. The van der Waals surface area contributed by atoms with Crippen molar-refractivity contribution in [3.05, 3.63) is 17.5 Å². The van der Waals surface area contributed by atoms with Crippen LogP contribution in [0.25, 0.3) is 10.7 Å². The van der Waals surface area contributed by atoms with Crippen LogP contribution in [0.3, 0.4) is 0 Å². The number of ether oxygens (including phenoxy) is 1. The third kappa shape index (κ3) is 3.91. The van der Waals surface area contributed by atoms with Gasteiger partial charge in [0.2, 0.25) is 5.91 Å². The molecular weight excluding hydrogens is 356 g/mol. The van der Waals surface area contributed by atoms with E-state index in [-0.39, 0.29) is 12.0 Å². The highest BCUT2D eigenvalue weighted by atomic mass is 32.2. The van der Waals surface area contributed by atoms with Crippen molar-refractivity contribution < 1.29 is 9.53 Å². The third-order valence-electron chi connectivity index (χ3n) is 4.65. The first kappa shape index (κ1) is 17.1. The summed E-state index contributed by atoms with van der Waals surface area (Å²) < 4.78 is 7.93. The second kappa shape index (κ2) is 7.88. The number of nitrogens with zero attached hydrogens (tertiary/aromatic N) is 4. The fourth-order valence-corrected chi connectivity index (χ4v) is 4.89. The molecule has 0 N–H and O–H groups in total. The number of carbonyl (C=O) groups is 1. The normalized spacial score (nSPS) is 20.5. The van der Waals surface area contributed by atoms with Crippen molar-refractivity contribution in [3.8, 4) is 10.7 Å². The van der Waals surface area contributed by atoms with Crippen molar-refractivity contribution in [2.24, 2.45) is 0 Å². The third-order valence-corrected chi connectivity index (χ3v) is 6.47. The first-order valence-corrected chi connectivity index (χ1v) is 10.7. The molecule has 2 aliphatic rings. The van der Waals surface area contributed by atoms with Gasteiger partial charge in [-0.2, -0.15) is 0 Å². The van der Waals surface area contributed by atoms with Crippen LogP contribution in [-0.2, 0) is 16.1 Å². The van der Waals surface area contributed by atoms with Crippen molar-refractivity contribution in [1.29, 1.82) is 0 Å². The van der Waals surface area contributed by atoms with E-state index in [1.54, 1.807) is 11.3 Å². The first-order valence-electron chi connectivity index (χ1n) is 8.80. The van der Waals surface area contributed by atoms with Crippen molar-refractivity contribution in [2.45, 2.75) is 43.5 Å². The molecule has 0 unspecified atom stereocenters. The van der Waals surface area contributed by atoms with E-state index < -0.39 is 0 Å². The van der Waals surface area contributed by atoms with Crippen molar-refractivity contribution in [3.63, 3.8) is 0 Å². The van der Waals surface area contributed by atoms with Crippen molar-refractivity contribution >= 4 is 29.0 Å². The van der Waals surface area contributed by atoms with Crippen LogP contribution in [-0.4, -0.2) is 57.1 Å². The van der Waals surface area contributed by atoms with E-state index in [1.807, 2.05) is 16.3 Å². The molecule has 2 saturated heterocycles. The highest BCUT2D eigenvalue weighted by molar-refractivity contribution is 7.99. The zero-order valence-electron chi connectivity index (χ0n) is 14.1. The maximum atomic E-state index is 12.3. The average Bonchev–Trinajstić information content (AvgIpc) is 3.40. The molecule has 8 heteroatoms. The van der Waals surface area contributed by atoms with Crippen LogP contribution in [0.1, 0.15) is 25.7 Å². The molecule has 1 amide bonds. The number of hydrogen-bond donors (Lipinski definition) is 0. The van der Waals surface area contributed by atoms with Gasteiger partial charge < -0.3 is 9.64 Å². The lowest BCUT2D eigenvalue weighted by Gasteiger charge is -2.16. The van der Waals surface area contributed by atoms with E-state index in [9.17, 15) is 4.79 Å². The topological polar surface area (TPSA) is 60.3 Å². The monoisotopic (exact) mass is 378 g/mol. The lowest BCUT2D eigenvalue weighted by Crippen LogP contribution is -2.29. The molecule has 4 rings (SSSR count). The first-order chi connectivity index (χ1) is 12.3. The SMILES string of the molecule is O=C(CSc1nnc(-c2cccs2)n1C[C@H]1CCCO1)N1CCCC1. The summed E-state index contributed by atoms with van der Waals surface area (Å²) in [6.07, 6.45) is 4.63. The number of thiophene rings is 1. The summed E-state index contributed by atoms with van der Waals surface area (Å²) in [5.41, 5.74) is 0. The molecule has 2 aromatic heterocycles. The van der Waals surface area contributed by atoms with E-state index in [0.29, 0.717) is 5.75 Å². The highest BCUT2D eigenvalue weighted by Gasteiger charge is 2.24. The van der Waals surface area contributed by atoms with E-state index >= 15 is 0 Å². The van der Waals surface area contributed by atoms with Gasteiger partial charge in [-0.05, 0) is 37.1 Å². The van der Waals surface area contributed by atoms with Crippen LogP contribution in [0, 0.1) is 0 Å². The standard InChI is InChI=1S/C17H22N4O2S2/c22-15(20-7-1-2-8-20)12-25-17-19-18-16(14-6-4-10-24-14)21(17)11-13-5-3-9-23-13/h4,6,10,13H,1-3,5,7-9,11-12H2/t13-/m1/s1. The fourth-order valence-electron chi connectivity index (χ4n) is 3.32. The van der Waals surface area contributed by atoms with Crippen LogP contribution in [0.4, 0.5) is 0 Å². The van der Waals surface area contributed by atoms with Gasteiger partial charge in [0.15, 0.2) is 11.0 Å². The van der Waals surface area contributed by atoms with Crippen molar-refractivity contribution in [1.82, 2.24) is 19.7 Å². The smallest absolute Gasteiger partial charge is 0.233 e. The lowest BCUT2D eigenvalue weighted by atomic mass is 10.2. The van der Waals surface area contributed by atoms with Gasteiger partial charge in [-0.1, -0.05) is 17.8 Å². The molecule has 1 atom stereocenters. The Kier molecular flexibility index (Phi) is 5.38. The predicted octanol–water partition coefficient (Wildman–Crippen LogP) is 2.90. The quantitative estimate of drug-likeness (QED) is 0.724. The number of rotatable bonds is 6. The molecule has 0 bridgehead atoms. The van der Waals surface area contributed by atoms with Crippen molar-refractivity contribution in [2.75, 3.05) is 25.4 Å². The van der Waals surface area contributed by atoms with E-state index in [0.717, 1.165) is 67.8 Å². The minimum absolute atomic E-state index is 0.201. The Morgan fingerprint density at radius 3 is 2.92 bits per heavy atom. The molecular formula is C17H22N4O2S2. The molecule has 25 heavy (non-hydrogen) atoms. The van der Waals surface area contributed by atoms with Crippen LogP contribution in [0.5, 0.6) is 0 Å². The fraction of sp³-hybridized carbons (Fsp3) is 0.588. The summed E-state index contributed by atoms with van der Waals surface area (Å²) in [5, 5.41) is 11.6. The highest BCUT2D eigenvalue weighted by Crippen LogP contribution is 2.29. The summed E-state index contributed by atoms with van der Waals surface area (Å²) >= 11 is 3.15. The maximum absolute atomic E-state index is 12.3. The van der Waals surface area contributed by atoms with Gasteiger partial charge in [-0.25, -0.2) is 0 Å². The van der Waals surface area contributed by atoms with Crippen LogP contribution >= 0.6 is 23.1 Å². The zero-order valence-corrected chi connectivity index (χ0v) is 15.7. The summed E-state index contributed by atoms with van der Waals surface area (Å²) in [6, 6.07) is 4.08. The Bertz CT molecular complexity index is 704. The van der Waals surface area contributed by atoms with Gasteiger partial charge in [0.25, 0.3) is 0 Å². The Labute approximate surface area is 155 Å². The molecule has 6 nitrogen and oxygen atoms in total. The van der Waals surface area contributed by atoms with E-state index in [4.69, 9.17) is 4.74 Å². The van der Waals surface area contributed by atoms with Crippen LogP contribution in [0.2, 0.25) is 0 Å². The van der Waals surface area contributed by atoms with E-state index in [1.165, 1.54) is 11.8 Å². The molecule has 2 aliphatic heterocycles. The molecule has 0 saturated carbocycles. The Hall–Kier alpha value is -1.38. The maximum Gasteiger partial charge on any atom is 0.233 e. The molecule has 0 radical (unpaired) electrons. The van der Waals surface area contributed by atoms with Crippen LogP contribution in [0.15, 0.2) is 22.7 Å². The predicted molar refractivity (Wildman–Crippen MR) is 98.8 cm³/mol. The Balaban J connectivity index is 1.50. The number of likely N-dealkylation sites (tertiary alicyclic amines) is 1. The summed E-state index contributed by atoms with van der Waals surface area (Å²) in [4.78, 5) is 15.4. The van der Waals surface area contributed by atoms with Gasteiger partial charge in [0.05, 0.1) is 23.3 Å². The second-order valence-corrected chi connectivity index (χ2v) is 8.30. The number of aromatic nitrogens is 3. The minimum Gasteiger partial charge on any atom is -0.376 e. The van der Waals surface area contributed by atoms with Crippen LogP contribution < -0.4 is 0 Å². The Morgan fingerprint density at radius 2 is 2.20 bits per heavy atom. The summed E-state index contributed by atoms with van der Waals surface area (Å²) in [6.45, 7) is 3.36. The molecule has 0 spiro atoms. The second-order valence-electron chi connectivity index (χ2n) is 6.41. The van der Waals surface area contributed by atoms with E-state index in [2.05, 4.69) is 20.8 Å². The number of thioether (sulfide) groups is 1. The van der Waals surface area contributed by atoms with Gasteiger partial charge in [-0.15, -0.1) is 21.5 Å². The molecule has 0 aromatic carbocycles. The minimum atomic E-state index is 0.201. The summed E-state index contributed by atoms with van der Waals surface area (Å²) in [7, 11) is 0. The number of carbonyl (C=O) groups excluding carboxylic acids is 1. The summed E-state index contributed by atoms with van der Waals surface area (Å²) in [5.74, 6) is 1.50. The molecule has 134 valence electrons. The molecule has 0 aliphatic carbocycles. The molecule has 4 heterocycles. The van der Waals surface area contributed by atoms with Gasteiger partial charge in [0, 0.05) is 19.7 Å². The zero-order chi connectivity index (χ0) is 17.1. The average molecular weight is 379 g/mol. The van der Waals surface area contributed by atoms with Gasteiger partial charge in [0.1, 0.15) is 0 Å². The number of hydrogen-bond acceptors (Lipinski definition) is 6. The largest absolute Gasteiger partial charge is 0.376 e. The molecule has 2 aromatic rings. The Morgan fingerprint density at radius 1 is 1.32 bits per heavy atom. The lowest BCUT2D eigenvalue weighted by molar-refractivity contribution is -0.127. The van der Waals surface area contributed by atoms with Gasteiger partial charge in [-0.3, -0.25) is 9.36 Å².